The van der Waals surface area contributed by atoms with Gasteiger partial charge in [-0.3, -0.25) is 0 Å². The number of allylic oxidation sites excluding steroid dienone is 24. The Morgan fingerprint density at radius 1 is 0.370 bits per heavy atom. The summed E-state index contributed by atoms with van der Waals surface area (Å²) in [5.41, 5.74) is 3.60. The third kappa shape index (κ3) is 28.9. The number of rotatable bonds is 22. The van der Waals surface area contributed by atoms with Crippen LogP contribution in [0.15, 0.2) is 155 Å². The van der Waals surface area contributed by atoms with Crippen LogP contribution >= 0.6 is 0 Å². The van der Waals surface area contributed by atoms with Gasteiger partial charge in [-0.1, -0.05) is 155 Å². The normalized spacial score (nSPS) is 17.4. The lowest BCUT2D eigenvalue weighted by Crippen LogP contribution is -2.31. The number of hydrogen-bond acceptors (Lipinski definition) is 4. The summed E-state index contributed by atoms with van der Waals surface area (Å²) in [6, 6.07) is 0. The molecule has 0 saturated heterocycles. The highest BCUT2D eigenvalue weighted by molar-refractivity contribution is 5.33. The average Bonchev–Trinajstić information content (AvgIpc) is 3.00. The maximum Gasteiger partial charge on any atom is 0.0654 e. The molecule has 2 unspecified atom stereocenters. The van der Waals surface area contributed by atoms with Crippen LogP contribution in [0, 0.1) is 11.8 Å². The minimum atomic E-state index is -0.848. The molecule has 54 heavy (non-hydrogen) atoms. The van der Waals surface area contributed by atoms with Gasteiger partial charge in [0, 0.05) is 11.8 Å². The molecule has 4 heteroatoms. The second kappa shape index (κ2) is 24.8. The quantitative estimate of drug-likeness (QED) is 0.0833. The Morgan fingerprint density at radius 2 is 0.593 bits per heavy atom. The molecular weight excluding hydrogens is 665 g/mol. The monoisotopic (exact) mass is 741 g/mol. The molecular formula is C50H76O4. The van der Waals surface area contributed by atoms with Gasteiger partial charge in [-0.05, 0) is 123 Å². The molecule has 0 amide bonds. The van der Waals surface area contributed by atoms with Crippen molar-refractivity contribution in [2.24, 2.45) is 11.8 Å². The van der Waals surface area contributed by atoms with E-state index in [1.54, 1.807) is 27.7 Å². The molecule has 0 aliphatic rings. The Balaban J connectivity index is 5.09. The van der Waals surface area contributed by atoms with Crippen molar-refractivity contribution in [3.05, 3.63) is 155 Å². The first kappa shape index (κ1) is 50.5. The van der Waals surface area contributed by atoms with Gasteiger partial charge in [0.05, 0.1) is 22.4 Å². The van der Waals surface area contributed by atoms with E-state index in [1.807, 2.05) is 78.0 Å². The van der Waals surface area contributed by atoms with Gasteiger partial charge >= 0.3 is 0 Å². The van der Waals surface area contributed by atoms with E-state index in [2.05, 4.69) is 113 Å². The molecule has 0 aliphatic heterocycles. The van der Waals surface area contributed by atoms with Crippen LogP contribution in [-0.2, 0) is 0 Å². The van der Waals surface area contributed by atoms with Crippen molar-refractivity contribution in [3.8, 4) is 0 Å². The fourth-order valence-electron chi connectivity index (χ4n) is 5.08. The van der Waals surface area contributed by atoms with E-state index in [9.17, 15) is 20.4 Å². The van der Waals surface area contributed by atoms with E-state index in [1.165, 1.54) is 0 Å². The maximum atomic E-state index is 10.6. The molecule has 0 radical (unpaired) electrons. The van der Waals surface area contributed by atoms with Gasteiger partial charge in [-0.15, -0.1) is 0 Å². The molecule has 0 aromatic heterocycles. The van der Waals surface area contributed by atoms with Crippen LogP contribution < -0.4 is 0 Å². The maximum absolute atomic E-state index is 10.6. The molecule has 300 valence electrons. The molecule has 0 fully saturated rings. The summed E-state index contributed by atoms with van der Waals surface area (Å²) in [6.07, 6.45) is 44.0. The second-order valence-corrected chi connectivity index (χ2v) is 17.2. The van der Waals surface area contributed by atoms with Crippen molar-refractivity contribution in [2.75, 3.05) is 0 Å². The molecule has 0 aromatic rings. The summed E-state index contributed by atoms with van der Waals surface area (Å²) < 4.78 is 0. The van der Waals surface area contributed by atoms with Gasteiger partial charge in [-0.25, -0.2) is 0 Å². The minimum Gasteiger partial charge on any atom is -0.390 e. The Bertz CT molecular complexity index is 1410. The Kier molecular flexibility index (Phi) is 23.2. The Morgan fingerprint density at radius 3 is 0.815 bits per heavy atom. The zero-order valence-electron chi connectivity index (χ0n) is 36.3. The van der Waals surface area contributed by atoms with Crippen LogP contribution in [0.3, 0.4) is 0 Å². The predicted octanol–water partition coefficient (Wildman–Crippen LogP) is 12.4. The van der Waals surface area contributed by atoms with Crippen molar-refractivity contribution >= 4 is 0 Å². The van der Waals surface area contributed by atoms with Crippen LogP contribution in [0.1, 0.15) is 123 Å². The summed E-state index contributed by atoms with van der Waals surface area (Å²) in [5.74, 6) is -0.0768. The molecule has 2 atom stereocenters. The molecule has 0 saturated carbocycles. The summed E-state index contributed by atoms with van der Waals surface area (Å²) in [5, 5.41) is 41.3. The second-order valence-electron chi connectivity index (χ2n) is 17.2. The zero-order valence-corrected chi connectivity index (χ0v) is 36.3. The van der Waals surface area contributed by atoms with Crippen molar-refractivity contribution < 1.29 is 20.4 Å². The highest BCUT2D eigenvalue weighted by Crippen LogP contribution is 2.28. The lowest BCUT2D eigenvalue weighted by atomic mass is 9.83. The standard InChI is InChI=1S/C50H76O4/c1-39(23-17-25-41(3)27-19-29-43(5)31-33-45(49(11,12)53)35-37-47(7,8)51)21-15-16-22-40(2)24-18-26-42(4)28-20-30-44(6)32-34-46(50(13,14)54)36-38-48(9,10)52/h15-34,45-46,51-54H,35-38H2,1-14H3/b16-15+,23-17+,24-18?,27-19+,28-20?,33-31+,34-32?,39-21+,40-22?,41-25+,42-26?,43-29+,44-30?. The molecule has 4 N–H and O–H groups in total. The third-order valence-electron chi connectivity index (χ3n) is 8.83. The van der Waals surface area contributed by atoms with Crippen molar-refractivity contribution in [2.45, 2.75) is 145 Å². The lowest BCUT2D eigenvalue weighted by Gasteiger charge is -2.29. The lowest BCUT2D eigenvalue weighted by molar-refractivity contribution is 0.0131. The van der Waals surface area contributed by atoms with Gasteiger partial charge in [0.1, 0.15) is 0 Å². The van der Waals surface area contributed by atoms with E-state index in [4.69, 9.17) is 0 Å². The first-order valence-corrected chi connectivity index (χ1v) is 19.5. The van der Waals surface area contributed by atoms with E-state index >= 15 is 0 Å². The van der Waals surface area contributed by atoms with Crippen LogP contribution in [0.4, 0.5) is 0 Å². The van der Waals surface area contributed by atoms with E-state index in [0.29, 0.717) is 25.7 Å². The Labute approximate surface area is 331 Å². The smallest absolute Gasteiger partial charge is 0.0654 e. The molecule has 0 bridgehead atoms. The van der Waals surface area contributed by atoms with E-state index in [-0.39, 0.29) is 11.8 Å². The fourth-order valence-corrected chi connectivity index (χ4v) is 5.08. The van der Waals surface area contributed by atoms with Crippen LogP contribution in [0.5, 0.6) is 0 Å². The number of hydrogen-bond donors (Lipinski definition) is 4. The topological polar surface area (TPSA) is 80.9 Å². The van der Waals surface area contributed by atoms with Gasteiger partial charge in [0.25, 0.3) is 0 Å². The van der Waals surface area contributed by atoms with Crippen LogP contribution in [-0.4, -0.2) is 42.8 Å². The fraction of sp³-hybridized carbons (Fsp3) is 0.480. The minimum absolute atomic E-state index is 0.0384. The van der Waals surface area contributed by atoms with Gasteiger partial charge in [-0.2, -0.15) is 0 Å². The average molecular weight is 741 g/mol. The Hall–Kier alpha value is -3.54. The molecule has 0 heterocycles. The summed E-state index contributed by atoms with van der Waals surface area (Å²) in [6.45, 7) is 26.9. The molecule has 0 spiro atoms. The first-order chi connectivity index (χ1) is 24.8. The first-order valence-electron chi connectivity index (χ1n) is 19.5. The summed E-state index contributed by atoms with van der Waals surface area (Å²) in [7, 11) is 0. The molecule has 0 aromatic carbocycles. The van der Waals surface area contributed by atoms with Crippen molar-refractivity contribution in [3.63, 3.8) is 0 Å². The van der Waals surface area contributed by atoms with Crippen LogP contribution in [0.25, 0.3) is 0 Å². The van der Waals surface area contributed by atoms with Crippen LogP contribution in [0.2, 0.25) is 0 Å². The van der Waals surface area contributed by atoms with Gasteiger partial charge in [0.15, 0.2) is 0 Å². The summed E-state index contributed by atoms with van der Waals surface area (Å²) in [4.78, 5) is 0. The third-order valence-corrected chi connectivity index (χ3v) is 8.83. The van der Waals surface area contributed by atoms with E-state index < -0.39 is 22.4 Å². The van der Waals surface area contributed by atoms with E-state index in [0.717, 1.165) is 33.4 Å². The number of aliphatic hydroxyl groups is 4. The van der Waals surface area contributed by atoms with Gasteiger partial charge in [0.2, 0.25) is 0 Å². The molecule has 0 aliphatic carbocycles. The SMILES string of the molecule is CC(C=CC=C(C)C=CC(CCC(C)(C)O)C(C)(C)O)=CC=CC(C)=C/C=C/C=C(C)/C=C/C=C(C)/C=C/C=C(C)/C=C/C(CCC(C)(C)O)C(C)(C)O. The molecule has 4 nitrogen and oxygen atoms in total. The van der Waals surface area contributed by atoms with Crippen molar-refractivity contribution in [1.82, 2.24) is 0 Å². The highest BCUT2D eigenvalue weighted by atomic mass is 16.3. The summed E-state index contributed by atoms with van der Waals surface area (Å²) >= 11 is 0. The van der Waals surface area contributed by atoms with Gasteiger partial charge < -0.3 is 20.4 Å². The predicted molar refractivity (Wildman–Crippen MR) is 237 cm³/mol. The largest absolute Gasteiger partial charge is 0.390 e. The zero-order chi connectivity index (χ0) is 41.6. The molecule has 0 rings (SSSR count). The van der Waals surface area contributed by atoms with Crippen molar-refractivity contribution in [1.29, 1.82) is 0 Å². The highest BCUT2D eigenvalue weighted by Gasteiger charge is 2.27.